The fourth-order valence-corrected chi connectivity index (χ4v) is 3.69. The van der Waals surface area contributed by atoms with Gasteiger partial charge in [-0.25, -0.2) is 4.98 Å². The van der Waals surface area contributed by atoms with Gasteiger partial charge in [0, 0.05) is 12.1 Å². The van der Waals surface area contributed by atoms with E-state index in [9.17, 15) is 4.79 Å². The number of nitrogens with zero attached hydrogens (tertiary/aromatic N) is 2. The van der Waals surface area contributed by atoms with Gasteiger partial charge in [-0.05, 0) is 51.0 Å². The number of hydrogen-bond donors (Lipinski definition) is 1. The van der Waals surface area contributed by atoms with Crippen LogP contribution in [0.1, 0.15) is 46.2 Å². The lowest BCUT2D eigenvalue weighted by atomic mass is 10.1. The Bertz CT molecular complexity index is 859. The molecule has 1 amide bonds. The standard InChI is InChI=1S/C20H21N3O/c1-13-10-14(2)12-15(11-13)20(24)23-9-5-8-18(23)19-21-16-6-3-4-7-17(16)22-19/h3-4,6-7,10-12,18H,5,8-9H2,1-2H3,(H,21,22). The van der Waals surface area contributed by atoms with Crippen LogP contribution in [0.5, 0.6) is 0 Å². The summed E-state index contributed by atoms with van der Waals surface area (Å²) < 4.78 is 0. The van der Waals surface area contributed by atoms with Gasteiger partial charge in [-0.3, -0.25) is 4.79 Å². The highest BCUT2D eigenvalue weighted by Gasteiger charge is 2.32. The fraction of sp³-hybridized carbons (Fsp3) is 0.300. The second kappa shape index (κ2) is 5.78. The number of fused-ring (bicyclic) bond motifs is 1. The lowest BCUT2D eigenvalue weighted by Gasteiger charge is -2.23. The van der Waals surface area contributed by atoms with Crippen LogP contribution in [0.2, 0.25) is 0 Å². The highest BCUT2D eigenvalue weighted by molar-refractivity contribution is 5.95. The number of amides is 1. The molecule has 0 aliphatic carbocycles. The minimum Gasteiger partial charge on any atom is -0.340 e. The first-order valence-corrected chi connectivity index (χ1v) is 8.46. The van der Waals surface area contributed by atoms with Crippen molar-refractivity contribution in [2.24, 2.45) is 0 Å². The molecule has 1 fully saturated rings. The number of carbonyl (C=O) groups is 1. The summed E-state index contributed by atoms with van der Waals surface area (Å²) in [5.74, 6) is 0.996. The van der Waals surface area contributed by atoms with Gasteiger partial charge in [0.05, 0.1) is 17.1 Å². The molecule has 2 aromatic carbocycles. The molecule has 3 aromatic rings. The molecule has 2 heterocycles. The monoisotopic (exact) mass is 319 g/mol. The molecule has 4 rings (SSSR count). The number of rotatable bonds is 2. The van der Waals surface area contributed by atoms with Crippen molar-refractivity contribution in [1.29, 1.82) is 0 Å². The molecule has 0 bridgehead atoms. The van der Waals surface area contributed by atoms with Gasteiger partial charge in [-0.1, -0.05) is 29.3 Å². The number of likely N-dealkylation sites (tertiary alicyclic amines) is 1. The zero-order chi connectivity index (χ0) is 16.7. The summed E-state index contributed by atoms with van der Waals surface area (Å²) >= 11 is 0. The molecule has 24 heavy (non-hydrogen) atoms. The van der Waals surface area contributed by atoms with Crippen molar-refractivity contribution in [2.45, 2.75) is 32.7 Å². The largest absolute Gasteiger partial charge is 0.340 e. The maximum atomic E-state index is 13.0. The summed E-state index contributed by atoms with van der Waals surface area (Å²) in [7, 11) is 0. The number of H-pyrrole nitrogens is 1. The van der Waals surface area contributed by atoms with Crippen LogP contribution < -0.4 is 0 Å². The van der Waals surface area contributed by atoms with Crippen LogP contribution in [0.4, 0.5) is 0 Å². The Morgan fingerprint density at radius 2 is 1.92 bits per heavy atom. The van der Waals surface area contributed by atoms with E-state index in [1.807, 2.05) is 55.1 Å². The van der Waals surface area contributed by atoms with Gasteiger partial charge in [-0.2, -0.15) is 0 Å². The first kappa shape index (κ1) is 14.9. The van der Waals surface area contributed by atoms with Crippen molar-refractivity contribution in [3.05, 3.63) is 65.0 Å². The molecule has 1 aliphatic rings. The van der Waals surface area contributed by atoms with Crippen LogP contribution >= 0.6 is 0 Å². The minimum atomic E-state index is 0.0331. The van der Waals surface area contributed by atoms with E-state index in [1.54, 1.807) is 0 Å². The van der Waals surface area contributed by atoms with E-state index in [4.69, 9.17) is 4.98 Å². The van der Waals surface area contributed by atoms with Gasteiger partial charge in [-0.15, -0.1) is 0 Å². The molecule has 1 atom stereocenters. The topological polar surface area (TPSA) is 49.0 Å². The van der Waals surface area contributed by atoms with Crippen LogP contribution in [0.3, 0.4) is 0 Å². The molecule has 1 saturated heterocycles. The predicted octanol–water partition coefficient (Wildman–Crippen LogP) is 4.16. The number of aromatic amines is 1. The van der Waals surface area contributed by atoms with Crippen LogP contribution in [0.25, 0.3) is 11.0 Å². The smallest absolute Gasteiger partial charge is 0.254 e. The number of carbonyl (C=O) groups excluding carboxylic acids is 1. The molecular formula is C20H21N3O. The van der Waals surface area contributed by atoms with Gasteiger partial charge < -0.3 is 9.88 Å². The summed E-state index contributed by atoms with van der Waals surface area (Å²) in [6.45, 7) is 4.85. The quantitative estimate of drug-likeness (QED) is 0.771. The molecule has 1 N–H and O–H groups in total. The van der Waals surface area contributed by atoms with E-state index in [1.165, 1.54) is 0 Å². The van der Waals surface area contributed by atoms with Gasteiger partial charge in [0.15, 0.2) is 0 Å². The first-order chi connectivity index (χ1) is 11.6. The van der Waals surface area contributed by atoms with Gasteiger partial charge in [0.1, 0.15) is 5.82 Å². The zero-order valence-electron chi connectivity index (χ0n) is 14.0. The SMILES string of the molecule is Cc1cc(C)cc(C(=O)N2CCCC2c2nc3ccccc3[nH]2)c1. The van der Waals surface area contributed by atoms with E-state index in [-0.39, 0.29) is 11.9 Å². The third-order valence-corrected chi connectivity index (χ3v) is 4.71. The molecule has 4 heteroatoms. The van der Waals surface area contributed by atoms with E-state index < -0.39 is 0 Å². The van der Waals surface area contributed by atoms with Crippen LogP contribution in [0, 0.1) is 13.8 Å². The van der Waals surface area contributed by atoms with Gasteiger partial charge in [0.2, 0.25) is 0 Å². The molecule has 1 aliphatic heterocycles. The summed E-state index contributed by atoms with van der Waals surface area (Å²) in [6.07, 6.45) is 1.97. The fourth-order valence-electron chi connectivity index (χ4n) is 3.69. The highest BCUT2D eigenvalue weighted by Crippen LogP contribution is 2.32. The van der Waals surface area contributed by atoms with Crippen molar-refractivity contribution in [2.75, 3.05) is 6.54 Å². The first-order valence-electron chi connectivity index (χ1n) is 8.46. The number of hydrogen-bond acceptors (Lipinski definition) is 2. The minimum absolute atomic E-state index is 0.0331. The third-order valence-electron chi connectivity index (χ3n) is 4.71. The number of nitrogens with one attached hydrogen (secondary N) is 1. The Balaban J connectivity index is 1.68. The Morgan fingerprint density at radius 3 is 2.67 bits per heavy atom. The second-order valence-corrected chi connectivity index (χ2v) is 6.67. The average Bonchev–Trinajstić information content (AvgIpc) is 3.19. The summed E-state index contributed by atoms with van der Waals surface area (Å²) in [5, 5.41) is 0. The Labute approximate surface area is 141 Å². The molecule has 4 nitrogen and oxygen atoms in total. The predicted molar refractivity (Wildman–Crippen MR) is 95.0 cm³/mol. The molecule has 0 saturated carbocycles. The third kappa shape index (κ3) is 2.58. The Morgan fingerprint density at radius 1 is 1.17 bits per heavy atom. The van der Waals surface area contributed by atoms with Crippen molar-refractivity contribution in [3.63, 3.8) is 0 Å². The van der Waals surface area contributed by atoms with Gasteiger partial charge in [0.25, 0.3) is 5.91 Å². The van der Waals surface area contributed by atoms with E-state index >= 15 is 0 Å². The maximum absolute atomic E-state index is 13.0. The van der Waals surface area contributed by atoms with Crippen molar-refractivity contribution in [3.8, 4) is 0 Å². The Hall–Kier alpha value is -2.62. The number of imidazole rings is 1. The molecule has 0 radical (unpaired) electrons. The zero-order valence-corrected chi connectivity index (χ0v) is 14.0. The Kier molecular flexibility index (Phi) is 3.60. The van der Waals surface area contributed by atoms with E-state index in [2.05, 4.69) is 11.1 Å². The number of aryl methyl sites for hydroxylation is 2. The lowest BCUT2D eigenvalue weighted by Crippen LogP contribution is -2.31. The second-order valence-electron chi connectivity index (χ2n) is 6.67. The number of para-hydroxylation sites is 2. The highest BCUT2D eigenvalue weighted by atomic mass is 16.2. The van der Waals surface area contributed by atoms with Crippen LogP contribution in [0.15, 0.2) is 42.5 Å². The van der Waals surface area contributed by atoms with Crippen molar-refractivity contribution >= 4 is 16.9 Å². The van der Waals surface area contributed by atoms with E-state index in [0.29, 0.717) is 0 Å². The summed E-state index contributed by atoms with van der Waals surface area (Å²) in [6, 6.07) is 14.1. The molecule has 1 unspecified atom stereocenters. The van der Waals surface area contributed by atoms with Crippen molar-refractivity contribution in [1.82, 2.24) is 14.9 Å². The van der Waals surface area contributed by atoms with Crippen molar-refractivity contribution < 1.29 is 4.79 Å². The number of benzene rings is 2. The summed E-state index contributed by atoms with van der Waals surface area (Å²) in [5.41, 5.74) is 5.00. The van der Waals surface area contributed by atoms with Crippen LogP contribution in [-0.4, -0.2) is 27.3 Å². The normalized spacial score (nSPS) is 17.6. The van der Waals surface area contributed by atoms with Gasteiger partial charge >= 0.3 is 0 Å². The molecule has 122 valence electrons. The molecule has 0 spiro atoms. The average molecular weight is 319 g/mol. The van der Waals surface area contributed by atoms with E-state index in [0.717, 1.165) is 52.9 Å². The molecule has 1 aromatic heterocycles. The molecular weight excluding hydrogens is 298 g/mol. The maximum Gasteiger partial charge on any atom is 0.254 e. The lowest BCUT2D eigenvalue weighted by molar-refractivity contribution is 0.0730. The summed E-state index contributed by atoms with van der Waals surface area (Å²) in [4.78, 5) is 23.1. The van der Waals surface area contributed by atoms with Crippen LogP contribution in [-0.2, 0) is 0 Å². The number of aromatic nitrogens is 2.